The molecule has 0 amide bonds. The molecule has 0 aromatic carbocycles. The summed E-state index contributed by atoms with van der Waals surface area (Å²) in [4.78, 5) is 4.39. The van der Waals surface area contributed by atoms with Crippen LogP contribution in [0.4, 0.5) is 0 Å². The number of aryl methyl sites for hydroxylation is 1. The zero-order chi connectivity index (χ0) is 11.7. The van der Waals surface area contributed by atoms with Crippen LogP contribution in [-0.4, -0.2) is 14.8 Å². The Kier molecular flexibility index (Phi) is 3.28. The smallest absolute Gasteiger partial charge is 0.107 e. The van der Waals surface area contributed by atoms with Crippen molar-refractivity contribution in [1.29, 1.82) is 0 Å². The van der Waals surface area contributed by atoms with Gasteiger partial charge in [0.15, 0.2) is 0 Å². The highest BCUT2D eigenvalue weighted by molar-refractivity contribution is 7.09. The maximum atomic E-state index is 6.08. The van der Waals surface area contributed by atoms with Crippen molar-refractivity contribution in [2.24, 2.45) is 5.73 Å². The average molecular weight is 257 g/mol. The van der Waals surface area contributed by atoms with Gasteiger partial charge >= 0.3 is 0 Å². The molecule has 0 fully saturated rings. The number of rotatable bonds is 3. The molecule has 2 aromatic rings. The third-order valence-corrected chi connectivity index (χ3v) is 3.85. The summed E-state index contributed by atoms with van der Waals surface area (Å²) in [6.07, 6.45) is 0. The third kappa shape index (κ3) is 2.11. The first-order valence-electron chi connectivity index (χ1n) is 4.94. The maximum Gasteiger partial charge on any atom is 0.107 e. The summed E-state index contributed by atoms with van der Waals surface area (Å²) >= 11 is 7.65. The Morgan fingerprint density at radius 3 is 2.75 bits per heavy atom. The van der Waals surface area contributed by atoms with E-state index in [9.17, 15) is 0 Å². The highest BCUT2D eigenvalue weighted by Crippen LogP contribution is 2.20. The number of hydrogen-bond donors (Lipinski definition) is 1. The zero-order valence-corrected chi connectivity index (χ0v) is 10.8. The molecule has 2 N–H and O–H groups in total. The van der Waals surface area contributed by atoms with E-state index in [4.69, 9.17) is 17.3 Å². The van der Waals surface area contributed by atoms with Gasteiger partial charge in [0, 0.05) is 11.9 Å². The minimum atomic E-state index is 0.489. The fraction of sp³-hybridized carbons (Fsp3) is 0.400. The van der Waals surface area contributed by atoms with Crippen LogP contribution in [0.1, 0.15) is 22.1 Å². The second-order valence-electron chi connectivity index (χ2n) is 3.58. The van der Waals surface area contributed by atoms with E-state index in [0.29, 0.717) is 13.1 Å². The molecule has 6 heteroatoms. The van der Waals surface area contributed by atoms with Crippen LogP contribution in [0, 0.1) is 13.8 Å². The molecule has 2 heterocycles. The van der Waals surface area contributed by atoms with Crippen molar-refractivity contribution < 1.29 is 0 Å². The summed E-state index contributed by atoms with van der Waals surface area (Å²) in [7, 11) is 0. The minimum absolute atomic E-state index is 0.489. The Labute approximate surface area is 103 Å². The quantitative estimate of drug-likeness (QED) is 0.915. The van der Waals surface area contributed by atoms with E-state index in [0.717, 1.165) is 27.1 Å². The first-order valence-corrected chi connectivity index (χ1v) is 6.20. The average Bonchev–Trinajstić information content (AvgIpc) is 2.81. The number of nitrogens with two attached hydrogens (primary N) is 1. The topological polar surface area (TPSA) is 56.7 Å². The van der Waals surface area contributed by atoms with Crippen LogP contribution in [0.25, 0.3) is 0 Å². The van der Waals surface area contributed by atoms with Crippen LogP contribution in [0.2, 0.25) is 5.02 Å². The first kappa shape index (κ1) is 11.6. The Hall–Kier alpha value is -0.910. The molecule has 0 saturated heterocycles. The van der Waals surface area contributed by atoms with E-state index in [-0.39, 0.29) is 0 Å². The number of thiazole rings is 1. The number of aromatic nitrogens is 3. The Morgan fingerprint density at radius 1 is 1.50 bits per heavy atom. The van der Waals surface area contributed by atoms with Gasteiger partial charge in [-0.15, -0.1) is 11.3 Å². The minimum Gasteiger partial charge on any atom is -0.325 e. The lowest BCUT2D eigenvalue weighted by atomic mass is 10.4. The van der Waals surface area contributed by atoms with Crippen molar-refractivity contribution in [3.8, 4) is 0 Å². The van der Waals surface area contributed by atoms with Crippen LogP contribution in [-0.2, 0) is 13.1 Å². The van der Waals surface area contributed by atoms with Gasteiger partial charge in [-0.2, -0.15) is 5.10 Å². The molecule has 0 saturated carbocycles. The highest BCUT2D eigenvalue weighted by atomic mass is 35.5. The third-order valence-electron chi connectivity index (χ3n) is 2.38. The van der Waals surface area contributed by atoms with Crippen LogP contribution in [0.3, 0.4) is 0 Å². The van der Waals surface area contributed by atoms with Crippen molar-refractivity contribution in [3.05, 3.63) is 32.5 Å². The van der Waals surface area contributed by atoms with Crippen LogP contribution in [0.5, 0.6) is 0 Å². The number of halogens is 1. The Bertz CT molecular complexity index is 503. The van der Waals surface area contributed by atoms with Crippen LogP contribution in [0.15, 0.2) is 5.38 Å². The molecule has 2 aromatic heterocycles. The zero-order valence-electron chi connectivity index (χ0n) is 9.20. The molecular formula is C10H13ClN4S. The lowest BCUT2D eigenvalue weighted by Crippen LogP contribution is -2.05. The van der Waals surface area contributed by atoms with Gasteiger partial charge in [0.25, 0.3) is 0 Å². The summed E-state index contributed by atoms with van der Waals surface area (Å²) in [6.45, 7) is 5.00. The molecule has 2 rings (SSSR count). The van der Waals surface area contributed by atoms with Gasteiger partial charge in [-0.3, -0.25) is 4.68 Å². The summed E-state index contributed by atoms with van der Waals surface area (Å²) in [5, 5.41) is 8.04. The molecule has 86 valence electrons. The van der Waals surface area contributed by atoms with Gasteiger partial charge in [0.1, 0.15) is 5.01 Å². The SMILES string of the molecule is Cc1nn(Cc2csc(CN)n2)c(C)c1Cl. The Balaban J connectivity index is 2.23. The second-order valence-corrected chi connectivity index (χ2v) is 4.90. The van der Waals surface area contributed by atoms with Crippen LogP contribution < -0.4 is 5.73 Å². The molecule has 0 atom stereocenters. The molecule has 4 nitrogen and oxygen atoms in total. The molecule has 0 aliphatic carbocycles. The maximum absolute atomic E-state index is 6.08. The molecule has 0 aliphatic rings. The molecule has 0 aliphatic heterocycles. The fourth-order valence-corrected chi connectivity index (χ4v) is 2.30. The lowest BCUT2D eigenvalue weighted by Gasteiger charge is -2.00. The van der Waals surface area contributed by atoms with Crippen molar-refractivity contribution in [2.45, 2.75) is 26.9 Å². The number of nitrogens with zero attached hydrogens (tertiary/aromatic N) is 3. The summed E-state index contributed by atoms with van der Waals surface area (Å²) in [5.74, 6) is 0. The van der Waals surface area contributed by atoms with E-state index in [1.54, 1.807) is 11.3 Å². The monoisotopic (exact) mass is 256 g/mol. The first-order chi connectivity index (χ1) is 7.61. The van der Waals surface area contributed by atoms with Crippen molar-refractivity contribution in [1.82, 2.24) is 14.8 Å². The van der Waals surface area contributed by atoms with E-state index in [1.165, 1.54) is 0 Å². The van der Waals surface area contributed by atoms with Gasteiger partial charge in [0.2, 0.25) is 0 Å². The summed E-state index contributed by atoms with van der Waals surface area (Å²) in [6, 6.07) is 0. The second kappa shape index (κ2) is 4.53. The van der Waals surface area contributed by atoms with Gasteiger partial charge in [-0.05, 0) is 13.8 Å². The molecule has 0 spiro atoms. The molecule has 0 unspecified atom stereocenters. The predicted octanol–water partition coefficient (Wildman–Crippen LogP) is 2.12. The van der Waals surface area contributed by atoms with E-state index in [2.05, 4.69) is 10.1 Å². The van der Waals surface area contributed by atoms with Crippen molar-refractivity contribution >= 4 is 22.9 Å². The largest absolute Gasteiger partial charge is 0.325 e. The highest BCUT2D eigenvalue weighted by Gasteiger charge is 2.10. The molecular weight excluding hydrogens is 244 g/mol. The van der Waals surface area contributed by atoms with E-state index < -0.39 is 0 Å². The predicted molar refractivity (Wildman–Crippen MR) is 65.8 cm³/mol. The normalized spacial score (nSPS) is 11.0. The number of hydrogen-bond acceptors (Lipinski definition) is 4. The summed E-state index contributed by atoms with van der Waals surface area (Å²) < 4.78 is 1.87. The molecule has 0 radical (unpaired) electrons. The lowest BCUT2D eigenvalue weighted by molar-refractivity contribution is 0.648. The standard InChI is InChI=1S/C10H13ClN4S/c1-6-10(11)7(2)15(14-6)4-8-5-16-9(3-12)13-8/h5H,3-4,12H2,1-2H3. The molecule has 0 bridgehead atoms. The Morgan fingerprint density at radius 2 is 2.25 bits per heavy atom. The van der Waals surface area contributed by atoms with E-state index in [1.807, 2.05) is 23.9 Å². The van der Waals surface area contributed by atoms with Crippen molar-refractivity contribution in [2.75, 3.05) is 0 Å². The molecule has 16 heavy (non-hydrogen) atoms. The van der Waals surface area contributed by atoms with Gasteiger partial charge in [-0.25, -0.2) is 4.98 Å². The van der Waals surface area contributed by atoms with Gasteiger partial charge < -0.3 is 5.73 Å². The van der Waals surface area contributed by atoms with E-state index >= 15 is 0 Å². The van der Waals surface area contributed by atoms with Crippen molar-refractivity contribution in [3.63, 3.8) is 0 Å². The fourth-order valence-electron chi connectivity index (χ4n) is 1.50. The van der Waals surface area contributed by atoms with Gasteiger partial charge in [-0.1, -0.05) is 11.6 Å². The van der Waals surface area contributed by atoms with Crippen LogP contribution >= 0.6 is 22.9 Å². The summed E-state index contributed by atoms with van der Waals surface area (Å²) in [5.41, 5.74) is 8.33. The van der Waals surface area contributed by atoms with Gasteiger partial charge in [0.05, 0.1) is 28.6 Å².